The molecule has 0 saturated carbocycles. The first kappa shape index (κ1) is 18.1. The average molecular weight is 344 g/mol. The van der Waals surface area contributed by atoms with Crippen molar-refractivity contribution in [3.8, 4) is 5.75 Å². The van der Waals surface area contributed by atoms with Crippen LogP contribution in [0, 0.1) is 0 Å². The van der Waals surface area contributed by atoms with E-state index in [1.165, 1.54) is 0 Å². The second-order valence-corrected chi connectivity index (χ2v) is 6.85. The van der Waals surface area contributed by atoms with E-state index in [1.807, 2.05) is 18.2 Å². The summed E-state index contributed by atoms with van der Waals surface area (Å²) >= 11 is 0. The molecule has 2 aromatic carbocycles. The lowest BCUT2D eigenvalue weighted by molar-refractivity contribution is 0.0310. The predicted molar refractivity (Wildman–Crippen MR) is 99.8 cm³/mol. The van der Waals surface area contributed by atoms with Crippen molar-refractivity contribution in [2.45, 2.75) is 31.5 Å². The molecule has 3 N–H and O–H groups in total. The summed E-state index contributed by atoms with van der Waals surface area (Å²) in [5.41, 5.74) is 0.969. The maximum absolute atomic E-state index is 10.2. The molecule has 1 aliphatic heterocycles. The van der Waals surface area contributed by atoms with Crippen molar-refractivity contribution >= 4 is 10.8 Å². The summed E-state index contributed by atoms with van der Waals surface area (Å²) in [7, 11) is 1.61. The van der Waals surface area contributed by atoms with Crippen LogP contribution in [0.15, 0.2) is 36.4 Å². The molecule has 1 atom stereocenters. The van der Waals surface area contributed by atoms with Crippen molar-refractivity contribution in [3.05, 3.63) is 42.0 Å². The molecule has 1 unspecified atom stereocenters. The fourth-order valence-corrected chi connectivity index (χ4v) is 3.62. The molecule has 1 fully saturated rings. The Balaban J connectivity index is 1.53. The van der Waals surface area contributed by atoms with Crippen molar-refractivity contribution in [2.24, 2.45) is 0 Å². The number of hydrogen-bond donors (Lipinski definition) is 3. The number of phenolic OH excluding ortho intramolecular Hbond substituents is 1. The molecule has 3 rings (SSSR count). The van der Waals surface area contributed by atoms with Crippen LogP contribution < -0.4 is 5.32 Å². The number of likely N-dealkylation sites (tertiary alicyclic amines) is 1. The highest BCUT2D eigenvalue weighted by Crippen LogP contribution is 2.27. The zero-order valence-electron chi connectivity index (χ0n) is 14.8. The smallest absolute Gasteiger partial charge is 0.120 e. The first-order valence-electron chi connectivity index (χ1n) is 8.99. The standard InChI is InChI=1S/C20H28N2O3/c1-25-14-17(23)13-22-10-8-16(9-11-22)21-12-19-18-5-3-2-4-15(18)6-7-20(19)24/h2-7,16-17,21,23-24H,8-14H2,1H3. The van der Waals surface area contributed by atoms with E-state index in [0.29, 0.717) is 31.5 Å². The van der Waals surface area contributed by atoms with Gasteiger partial charge in [0, 0.05) is 31.8 Å². The molecule has 0 amide bonds. The lowest BCUT2D eigenvalue weighted by Gasteiger charge is -2.33. The highest BCUT2D eigenvalue weighted by atomic mass is 16.5. The maximum Gasteiger partial charge on any atom is 0.120 e. The summed E-state index contributed by atoms with van der Waals surface area (Å²) in [5.74, 6) is 0.353. The number of benzene rings is 2. The zero-order valence-corrected chi connectivity index (χ0v) is 14.8. The quantitative estimate of drug-likeness (QED) is 0.718. The minimum absolute atomic E-state index is 0.353. The summed E-state index contributed by atoms with van der Waals surface area (Å²) in [6.45, 7) is 3.67. The summed E-state index contributed by atoms with van der Waals surface area (Å²) in [4.78, 5) is 2.29. The van der Waals surface area contributed by atoms with Gasteiger partial charge in [-0.15, -0.1) is 0 Å². The number of methoxy groups -OCH3 is 1. The molecule has 1 heterocycles. The molecule has 2 aromatic rings. The monoisotopic (exact) mass is 344 g/mol. The van der Waals surface area contributed by atoms with Gasteiger partial charge in [-0.3, -0.25) is 0 Å². The van der Waals surface area contributed by atoms with E-state index in [0.717, 1.165) is 42.3 Å². The third-order valence-corrected chi connectivity index (χ3v) is 5.00. The van der Waals surface area contributed by atoms with Gasteiger partial charge in [0.05, 0.1) is 12.7 Å². The number of aliphatic hydroxyl groups excluding tert-OH is 1. The number of piperidine rings is 1. The number of ether oxygens (including phenoxy) is 1. The Labute approximate surface area is 149 Å². The molecular weight excluding hydrogens is 316 g/mol. The summed E-state index contributed by atoms with van der Waals surface area (Å²) in [6, 6.07) is 12.3. The Bertz CT molecular complexity index is 684. The number of nitrogens with one attached hydrogen (secondary N) is 1. The third kappa shape index (κ3) is 4.70. The number of aromatic hydroxyl groups is 1. The molecule has 1 saturated heterocycles. The van der Waals surface area contributed by atoms with E-state index in [4.69, 9.17) is 4.74 Å². The molecule has 25 heavy (non-hydrogen) atoms. The highest BCUT2D eigenvalue weighted by Gasteiger charge is 2.21. The molecule has 0 aliphatic carbocycles. The normalized spacial score (nSPS) is 17.8. The van der Waals surface area contributed by atoms with Crippen LogP contribution >= 0.6 is 0 Å². The molecule has 5 nitrogen and oxygen atoms in total. The molecule has 0 spiro atoms. The van der Waals surface area contributed by atoms with Crippen molar-refractivity contribution in [2.75, 3.05) is 33.4 Å². The van der Waals surface area contributed by atoms with Gasteiger partial charge in [-0.1, -0.05) is 30.3 Å². The van der Waals surface area contributed by atoms with Crippen LogP contribution in [0.5, 0.6) is 5.75 Å². The van der Waals surface area contributed by atoms with E-state index in [1.54, 1.807) is 13.2 Å². The van der Waals surface area contributed by atoms with Gasteiger partial charge in [0.15, 0.2) is 0 Å². The van der Waals surface area contributed by atoms with Gasteiger partial charge in [0.25, 0.3) is 0 Å². The summed E-state index contributed by atoms with van der Waals surface area (Å²) in [5, 5.41) is 25.9. The van der Waals surface area contributed by atoms with Gasteiger partial charge in [0.2, 0.25) is 0 Å². The highest BCUT2D eigenvalue weighted by molar-refractivity contribution is 5.87. The number of aliphatic hydroxyl groups is 1. The Morgan fingerprint density at radius 3 is 2.72 bits per heavy atom. The van der Waals surface area contributed by atoms with Gasteiger partial charge in [-0.2, -0.15) is 0 Å². The maximum atomic E-state index is 10.2. The number of hydrogen-bond acceptors (Lipinski definition) is 5. The lowest BCUT2D eigenvalue weighted by Crippen LogP contribution is -2.45. The number of phenols is 1. The molecule has 136 valence electrons. The zero-order chi connectivity index (χ0) is 17.6. The van der Waals surface area contributed by atoms with E-state index < -0.39 is 6.10 Å². The second kappa shape index (κ2) is 8.63. The summed E-state index contributed by atoms with van der Waals surface area (Å²) in [6.07, 6.45) is 1.68. The molecular formula is C20H28N2O3. The van der Waals surface area contributed by atoms with E-state index >= 15 is 0 Å². The van der Waals surface area contributed by atoms with Crippen LogP contribution in [0.4, 0.5) is 0 Å². The minimum atomic E-state index is -0.415. The fraction of sp³-hybridized carbons (Fsp3) is 0.500. The summed E-state index contributed by atoms with van der Waals surface area (Å²) < 4.78 is 4.99. The van der Waals surface area contributed by atoms with Crippen LogP contribution in [0.2, 0.25) is 0 Å². The number of nitrogens with zero attached hydrogens (tertiary/aromatic N) is 1. The Hall–Kier alpha value is -1.66. The SMILES string of the molecule is COCC(O)CN1CCC(NCc2c(O)ccc3ccccc23)CC1. The van der Waals surface area contributed by atoms with Crippen LogP contribution in [0.3, 0.4) is 0 Å². The van der Waals surface area contributed by atoms with Crippen molar-refractivity contribution < 1.29 is 14.9 Å². The number of β-amino-alcohol motifs (C(OH)–C–C–N with tert-alkyl or cyclic N) is 1. The average Bonchev–Trinajstić information content (AvgIpc) is 2.62. The van der Waals surface area contributed by atoms with Gasteiger partial charge in [0.1, 0.15) is 5.75 Å². The Kier molecular flexibility index (Phi) is 6.26. The Morgan fingerprint density at radius 1 is 1.20 bits per heavy atom. The first-order valence-corrected chi connectivity index (χ1v) is 8.99. The number of rotatable bonds is 7. The third-order valence-electron chi connectivity index (χ3n) is 5.00. The largest absolute Gasteiger partial charge is 0.508 e. The van der Waals surface area contributed by atoms with Crippen molar-refractivity contribution in [3.63, 3.8) is 0 Å². The van der Waals surface area contributed by atoms with Crippen molar-refractivity contribution in [1.82, 2.24) is 10.2 Å². The van der Waals surface area contributed by atoms with E-state index in [-0.39, 0.29) is 0 Å². The predicted octanol–water partition coefficient (Wildman–Crippen LogP) is 2.11. The topological polar surface area (TPSA) is 65.0 Å². The molecule has 0 aromatic heterocycles. The Morgan fingerprint density at radius 2 is 1.96 bits per heavy atom. The van der Waals surface area contributed by atoms with Gasteiger partial charge >= 0.3 is 0 Å². The van der Waals surface area contributed by atoms with E-state index in [2.05, 4.69) is 22.3 Å². The number of fused-ring (bicyclic) bond motifs is 1. The molecule has 0 radical (unpaired) electrons. The van der Waals surface area contributed by atoms with E-state index in [9.17, 15) is 10.2 Å². The molecule has 0 bridgehead atoms. The van der Waals surface area contributed by atoms with Gasteiger partial charge in [-0.05, 0) is 42.8 Å². The minimum Gasteiger partial charge on any atom is -0.508 e. The first-order chi connectivity index (χ1) is 12.2. The van der Waals surface area contributed by atoms with Crippen molar-refractivity contribution in [1.29, 1.82) is 0 Å². The van der Waals surface area contributed by atoms with Gasteiger partial charge in [-0.25, -0.2) is 0 Å². The fourth-order valence-electron chi connectivity index (χ4n) is 3.62. The van der Waals surface area contributed by atoms with Gasteiger partial charge < -0.3 is 25.2 Å². The lowest BCUT2D eigenvalue weighted by atomic mass is 10.0. The van der Waals surface area contributed by atoms with Crippen LogP contribution in [-0.2, 0) is 11.3 Å². The van der Waals surface area contributed by atoms with Crippen LogP contribution in [0.1, 0.15) is 18.4 Å². The van der Waals surface area contributed by atoms with Crippen LogP contribution in [0.25, 0.3) is 10.8 Å². The van der Waals surface area contributed by atoms with Crippen LogP contribution in [-0.4, -0.2) is 60.6 Å². The molecule has 1 aliphatic rings. The second-order valence-electron chi connectivity index (χ2n) is 6.85. The molecule has 5 heteroatoms.